The molecule has 0 aromatic heterocycles. The molecule has 0 unspecified atom stereocenters. The van der Waals surface area contributed by atoms with E-state index in [9.17, 15) is 19.5 Å². The second-order valence-corrected chi connectivity index (χ2v) is 8.59. The summed E-state index contributed by atoms with van der Waals surface area (Å²) in [5, 5.41) is 9.77. The van der Waals surface area contributed by atoms with E-state index in [4.69, 9.17) is 23.8 Å². The van der Waals surface area contributed by atoms with Gasteiger partial charge in [-0.15, -0.1) is 0 Å². The van der Waals surface area contributed by atoms with Crippen LogP contribution in [-0.2, 0) is 9.59 Å². The zero-order valence-electron chi connectivity index (χ0n) is 16.1. The molecule has 3 rings (SSSR count). The first-order chi connectivity index (χ1) is 14.8. The van der Waals surface area contributed by atoms with Gasteiger partial charge in [0.2, 0.25) is 5.91 Å². The number of thiocarbonyl (C=S) groups is 1. The largest absolute Gasteiger partial charge is 0.508 e. The summed E-state index contributed by atoms with van der Waals surface area (Å²) in [7, 11) is 0. The fourth-order valence-corrected chi connectivity index (χ4v) is 4.19. The Bertz CT molecular complexity index is 1060. The van der Waals surface area contributed by atoms with Gasteiger partial charge in [0, 0.05) is 23.6 Å². The molecule has 10 heteroatoms. The average molecular weight is 476 g/mol. The molecule has 2 aromatic rings. The van der Waals surface area contributed by atoms with E-state index in [2.05, 4.69) is 10.9 Å². The Hall–Kier alpha value is -2.88. The van der Waals surface area contributed by atoms with Crippen LogP contribution in [0.3, 0.4) is 0 Å². The highest BCUT2D eigenvalue weighted by atomic mass is 35.5. The number of hydrazine groups is 1. The van der Waals surface area contributed by atoms with E-state index in [1.54, 1.807) is 12.1 Å². The lowest BCUT2D eigenvalue weighted by atomic mass is 10.2. The van der Waals surface area contributed by atoms with Gasteiger partial charge in [0.05, 0.1) is 4.91 Å². The SMILES string of the molecule is O=C(CCCN1C(=O)C(=Cc2ccccc2Cl)SC1=S)NNC(=O)c1ccc(O)cc1. The summed E-state index contributed by atoms with van der Waals surface area (Å²) in [6.45, 7) is 0.282. The summed E-state index contributed by atoms with van der Waals surface area (Å²) >= 11 is 12.6. The van der Waals surface area contributed by atoms with Crippen LogP contribution in [-0.4, -0.2) is 38.6 Å². The first-order valence-corrected chi connectivity index (χ1v) is 10.8. The molecule has 0 saturated carbocycles. The minimum Gasteiger partial charge on any atom is -0.508 e. The Kier molecular flexibility index (Phi) is 7.67. The number of rotatable bonds is 6. The highest BCUT2D eigenvalue weighted by Gasteiger charge is 2.31. The van der Waals surface area contributed by atoms with Crippen LogP contribution in [0.1, 0.15) is 28.8 Å². The Labute approximate surface area is 193 Å². The number of halogens is 1. The quantitative estimate of drug-likeness (QED) is 0.336. The number of amides is 3. The molecule has 1 aliphatic rings. The molecule has 1 saturated heterocycles. The van der Waals surface area contributed by atoms with Gasteiger partial charge in [-0.3, -0.25) is 30.1 Å². The number of carbonyl (C=O) groups is 3. The molecule has 3 N–H and O–H groups in total. The number of phenols is 1. The average Bonchev–Trinajstić information content (AvgIpc) is 3.01. The summed E-state index contributed by atoms with van der Waals surface area (Å²) in [5.74, 6) is -1.09. The van der Waals surface area contributed by atoms with Crippen molar-refractivity contribution in [3.63, 3.8) is 0 Å². The van der Waals surface area contributed by atoms with Crippen molar-refractivity contribution in [3.8, 4) is 5.75 Å². The van der Waals surface area contributed by atoms with E-state index in [0.717, 1.165) is 5.56 Å². The van der Waals surface area contributed by atoms with Gasteiger partial charge in [-0.25, -0.2) is 0 Å². The number of aromatic hydroxyl groups is 1. The maximum atomic E-state index is 12.6. The predicted molar refractivity (Wildman–Crippen MR) is 124 cm³/mol. The number of hydrogen-bond acceptors (Lipinski definition) is 6. The smallest absolute Gasteiger partial charge is 0.269 e. The van der Waals surface area contributed by atoms with Crippen molar-refractivity contribution in [2.45, 2.75) is 12.8 Å². The Morgan fingerprint density at radius 3 is 2.55 bits per heavy atom. The Morgan fingerprint density at radius 1 is 1.13 bits per heavy atom. The number of hydrogen-bond donors (Lipinski definition) is 3. The molecule has 0 spiro atoms. The van der Waals surface area contributed by atoms with Crippen molar-refractivity contribution in [2.24, 2.45) is 0 Å². The van der Waals surface area contributed by atoms with Crippen LogP contribution in [0.4, 0.5) is 0 Å². The van der Waals surface area contributed by atoms with Crippen molar-refractivity contribution in [1.82, 2.24) is 15.8 Å². The number of phenolic OH excluding ortho intramolecular Hbond substituents is 1. The number of carbonyl (C=O) groups excluding carboxylic acids is 3. The summed E-state index contributed by atoms with van der Waals surface area (Å²) < 4.78 is 0.421. The fourth-order valence-electron chi connectivity index (χ4n) is 2.70. The van der Waals surface area contributed by atoms with Crippen molar-refractivity contribution in [1.29, 1.82) is 0 Å². The zero-order chi connectivity index (χ0) is 22.4. The number of nitrogens with zero attached hydrogens (tertiary/aromatic N) is 1. The van der Waals surface area contributed by atoms with Crippen LogP contribution in [0.5, 0.6) is 5.75 Å². The van der Waals surface area contributed by atoms with Crippen molar-refractivity contribution < 1.29 is 19.5 Å². The second-order valence-electron chi connectivity index (χ2n) is 6.51. The molecular formula is C21H18ClN3O4S2. The molecule has 0 bridgehead atoms. The maximum Gasteiger partial charge on any atom is 0.269 e. The lowest BCUT2D eigenvalue weighted by molar-refractivity contribution is -0.124. The van der Waals surface area contributed by atoms with Crippen LogP contribution >= 0.6 is 35.6 Å². The third-order valence-electron chi connectivity index (χ3n) is 4.30. The number of benzene rings is 2. The van der Waals surface area contributed by atoms with Gasteiger partial charge in [0.15, 0.2) is 0 Å². The highest BCUT2D eigenvalue weighted by molar-refractivity contribution is 8.26. The topological polar surface area (TPSA) is 98.7 Å². The summed E-state index contributed by atoms with van der Waals surface area (Å²) in [6, 6.07) is 12.8. The molecule has 0 atom stereocenters. The summed E-state index contributed by atoms with van der Waals surface area (Å²) in [4.78, 5) is 38.5. The fraction of sp³-hybridized carbons (Fsp3) is 0.143. The van der Waals surface area contributed by atoms with E-state index in [1.165, 1.54) is 40.9 Å². The molecule has 1 heterocycles. The third kappa shape index (κ3) is 6.06. The molecule has 7 nitrogen and oxygen atoms in total. The van der Waals surface area contributed by atoms with E-state index in [1.807, 2.05) is 18.2 Å². The first kappa shape index (κ1) is 22.8. The molecule has 31 heavy (non-hydrogen) atoms. The minimum absolute atomic E-state index is 0.0398. The van der Waals surface area contributed by atoms with E-state index in [0.29, 0.717) is 26.2 Å². The normalized spacial score (nSPS) is 14.7. The highest BCUT2D eigenvalue weighted by Crippen LogP contribution is 2.33. The summed E-state index contributed by atoms with van der Waals surface area (Å²) in [5.41, 5.74) is 5.65. The molecule has 1 fully saturated rings. The number of nitrogens with one attached hydrogen (secondary N) is 2. The number of thioether (sulfide) groups is 1. The monoisotopic (exact) mass is 475 g/mol. The van der Waals surface area contributed by atoms with Gasteiger partial charge in [0.1, 0.15) is 10.1 Å². The van der Waals surface area contributed by atoms with Crippen molar-refractivity contribution in [3.05, 3.63) is 69.6 Å². The van der Waals surface area contributed by atoms with Gasteiger partial charge >= 0.3 is 0 Å². The van der Waals surface area contributed by atoms with Gasteiger partial charge in [-0.05, 0) is 48.4 Å². The summed E-state index contributed by atoms with van der Waals surface area (Å²) in [6.07, 6.45) is 2.16. The molecule has 1 aliphatic heterocycles. The van der Waals surface area contributed by atoms with Crippen LogP contribution in [0.15, 0.2) is 53.4 Å². The van der Waals surface area contributed by atoms with E-state index >= 15 is 0 Å². The van der Waals surface area contributed by atoms with Crippen LogP contribution in [0.25, 0.3) is 6.08 Å². The van der Waals surface area contributed by atoms with Crippen LogP contribution < -0.4 is 10.9 Å². The van der Waals surface area contributed by atoms with E-state index in [-0.39, 0.29) is 24.6 Å². The van der Waals surface area contributed by atoms with Gasteiger partial charge in [-0.2, -0.15) is 0 Å². The van der Waals surface area contributed by atoms with Crippen molar-refractivity contribution in [2.75, 3.05) is 6.54 Å². The lowest BCUT2D eigenvalue weighted by Crippen LogP contribution is -2.41. The second kappa shape index (κ2) is 10.4. The van der Waals surface area contributed by atoms with Gasteiger partial charge < -0.3 is 5.11 Å². The first-order valence-electron chi connectivity index (χ1n) is 9.23. The Morgan fingerprint density at radius 2 is 1.84 bits per heavy atom. The predicted octanol–water partition coefficient (Wildman–Crippen LogP) is 3.49. The van der Waals surface area contributed by atoms with Crippen LogP contribution in [0, 0.1) is 0 Å². The standard InChI is InChI=1S/C21H18ClN3O4S2/c22-16-5-2-1-4-14(16)12-17-20(29)25(21(30)31-17)11-3-6-18(27)23-24-19(28)13-7-9-15(26)10-8-13/h1-2,4-5,7-10,12,26H,3,6,11H2,(H,23,27)(H,24,28). The van der Waals surface area contributed by atoms with E-state index < -0.39 is 11.8 Å². The molecular weight excluding hydrogens is 458 g/mol. The molecule has 0 radical (unpaired) electrons. The lowest BCUT2D eigenvalue weighted by Gasteiger charge is -2.14. The minimum atomic E-state index is -0.505. The van der Waals surface area contributed by atoms with Crippen LogP contribution in [0.2, 0.25) is 5.02 Å². The third-order valence-corrected chi connectivity index (χ3v) is 6.02. The molecule has 160 valence electrons. The Balaban J connectivity index is 1.46. The van der Waals surface area contributed by atoms with Crippen molar-refractivity contribution >= 4 is 63.7 Å². The van der Waals surface area contributed by atoms with Gasteiger partial charge in [-0.1, -0.05) is 53.8 Å². The maximum absolute atomic E-state index is 12.6. The van der Waals surface area contributed by atoms with Gasteiger partial charge in [0.25, 0.3) is 11.8 Å². The molecule has 3 amide bonds. The zero-order valence-corrected chi connectivity index (χ0v) is 18.5. The molecule has 0 aliphatic carbocycles. The molecule has 2 aromatic carbocycles.